The van der Waals surface area contributed by atoms with E-state index in [4.69, 9.17) is 0 Å². The number of rotatable bonds is 5. The molecule has 30 heavy (non-hydrogen) atoms. The standard InChI is InChI=1S/C24H23N3O3/c1-16(17-9-4-3-5-10-17)25-21(28)15-27-22(29)24(2,26-23(27)30)20-14-8-12-18-11-6-7-13-19(18)20/h3-14,16H,15H2,1-2H3,(H,25,28)(H,26,30)/t16-,24-/m1/s1. The summed E-state index contributed by atoms with van der Waals surface area (Å²) in [6.07, 6.45) is 0. The highest BCUT2D eigenvalue weighted by atomic mass is 16.2. The first-order chi connectivity index (χ1) is 14.4. The Morgan fingerprint density at radius 1 is 1.00 bits per heavy atom. The SMILES string of the molecule is C[C@@H](NC(=O)CN1C(=O)N[C@](C)(c2cccc3ccccc23)C1=O)c1ccccc1. The van der Waals surface area contributed by atoms with Crippen LogP contribution in [-0.2, 0) is 15.1 Å². The molecule has 4 amide bonds. The third-order valence-corrected chi connectivity index (χ3v) is 5.58. The fourth-order valence-corrected chi connectivity index (χ4v) is 3.94. The second-order valence-electron chi connectivity index (χ2n) is 7.67. The minimum Gasteiger partial charge on any atom is -0.348 e. The Morgan fingerprint density at radius 3 is 2.43 bits per heavy atom. The van der Waals surface area contributed by atoms with E-state index in [1.165, 1.54) is 0 Å². The number of urea groups is 1. The molecule has 1 aliphatic rings. The minimum atomic E-state index is -1.23. The van der Waals surface area contributed by atoms with Crippen LogP contribution in [0.3, 0.4) is 0 Å². The maximum absolute atomic E-state index is 13.2. The van der Waals surface area contributed by atoms with Gasteiger partial charge in [0.05, 0.1) is 6.04 Å². The second-order valence-corrected chi connectivity index (χ2v) is 7.67. The molecule has 1 saturated heterocycles. The van der Waals surface area contributed by atoms with Crippen LogP contribution in [0.5, 0.6) is 0 Å². The predicted molar refractivity (Wildman–Crippen MR) is 115 cm³/mol. The van der Waals surface area contributed by atoms with Gasteiger partial charge in [0.2, 0.25) is 5.91 Å². The van der Waals surface area contributed by atoms with Gasteiger partial charge in [-0.15, -0.1) is 0 Å². The van der Waals surface area contributed by atoms with Gasteiger partial charge in [0, 0.05) is 0 Å². The highest BCUT2D eigenvalue weighted by Gasteiger charge is 2.50. The summed E-state index contributed by atoms with van der Waals surface area (Å²) >= 11 is 0. The molecule has 0 aliphatic carbocycles. The molecule has 1 heterocycles. The quantitative estimate of drug-likeness (QED) is 0.643. The number of benzene rings is 3. The molecule has 0 saturated carbocycles. The van der Waals surface area contributed by atoms with Crippen LogP contribution in [0.15, 0.2) is 72.8 Å². The highest BCUT2D eigenvalue weighted by Crippen LogP contribution is 2.33. The van der Waals surface area contributed by atoms with Crippen molar-refractivity contribution in [3.05, 3.63) is 83.9 Å². The van der Waals surface area contributed by atoms with Crippen molar-refractivity contribution in [1.82, 2.24) is 15.5 Å². The van der Waals surface area contributed by atoms with Crippen molar-refractivity contribution in [3.63, 3.8) is 0 Å². The van der Waals surface area contributed by atoms with E-state index in [9.17, 15) is 14.4 Å². The maximum atomic E-state index is 13.2. The molecule has 0 radical (unpaired) electrons. The number of hydrogen-bond donors (Lipinski definition) is 2. The summed E-state index contributed by atoms with van der Waals surface area (Å²) < 4.78 is 0. The van der Waals surface area contributed by atoms with Crippen molar-refractivity contribution in [3.8, 4) is 0 Å². The van der Waals surface area contributed by atoms with Gasteiger partial charge in [0.15, 0.2) is 0 Å². The summed E-state index contributed by atoms with van der Waals surface area (Å²) in [5.74, 6) is -0.830. The van der Waals surface area contributed by atoms with Crippen LogP contribution in [0.2, 0.25) is 0 Å². The lowest BCUT2D eigenvalue weighted by Gasteiger charge is -2.24. The Hall–Kier alpha value is -3.67. The van der Waals surface area contributed by atoms with E-state index in [1.807, 2.05) is 79.7 Å². The van der Waals surface area contributed by atoms with Gasteiger partial charge < -0.3 is 10.6 Å². The lowest BCUT2D eigenvalue weighted by Crippen LogP contribution is -2.43. The third-order valence-electron chi connectivity index (χ3n) is 5.58. The summed E-state index contributed by atoms with van der Waals surface area (Å²) in [6, 6.07) is 22.1. The molecule has 3 aromatic carbocycles. The third kappa shape index (κ3) is 3.41. The van der Waals surface area contributed by atoms with Crippen molar-refractivity contribution < 1.29 is 14.4 Å². The summed E-state index contributed by atoms with van der Waals surface area (Å²) in [5, 5.41) is 7.50. The van der Waals surface area contributed by atoms with Gasteiger partial charge in [-0.25, -0.2) is 4.79 Å². The molecule has 152 valence electrons. The Morgan fingerprint density at radius 2 is 1.67 bits per heavy atom. The number of carbonyl (C=O) groups is 3. The maximum Gasteiger partial charge on any atom is 0.325 e. The first-order valence-electron chi connectivity index (χ1n) is 9.87. The topological polar surface area (TPSA) is 78.5 Å². The monoisotopic (exact) mass is 401 g/mol. The molecule has 0 aromatic heterocycles. The first-order valence-corrected chi connectivity index (χ1v) is 9.87. The molecule has 6 nitrogen and oxygen atoms in total. The van der Waals surface area contributed by atoms with E-state index >= 15 is 0 Å². The zero-order chi connectivity index (χ0) is 21.3. The molecular formula is C24H23N3O3. The van der Waals surface area contributed by atoms with E-state index in [0.29, 0.717) is 5.56 Å². The molecule has 1 aliphatic heterocycles. The molecule has 3 aromatic rings. The van der Waals surface area contributed by atoms with Gasteiger partial charge in [-0.2, -0.15) is 0 Å². The van der Waals surface area contributed by atoms with Gasteiger partial charge >= 0.3 is 6.03 Å². The van der Waals surface area contributed by atoms with Crippen LogP contribution >= 0.6 is 0 Å². The van der Waals surface area contributed by atoms with Gasteiger partial charge in [-0.05, 0) is 35.7 Å². The fourth-order valence-electron chi connectivity index (χ4n) is 3.94. The zero-order valence-corrected chi connectivity index (χ0v) is 16.9. The number of hydrogen-bond acceptors (Lipinski definition) is 3. The van der Waals surface area contributed by atoms with Crippen LogP contribution in [0.25, 0.3) is 10.8 Å². The van der Waals surface area contributed by atoms with Crippen LogP contribution in [0.1, 0.15) is 31.0 Å². The van der Waals surface area contributed by atoms with Gasteiger partial charge in [0.25, 0.3) is 5.91 Å². The molecule has 2 atom stereocenters. The Bertz CT molecular complexity index is 1120. The Labute approximate surface area is 174 Å². The van der Waals surface area contributed by atoms with Crippen LogP contribution in [0.4, 0.5) is 4.79 Å². The average Bonchev–Trinajstić information content (AvgIpc) is 2.97. The molecular weight excluding hydrogens is 378 g/mol. The zero-order valence-electron chi connectivity index (χ0n) is 16.9. The second kappa shape index (κ2) is 7.63. The fraction of sp³-hybridized carbons (Fsp3) is 0.208. The highest BCUT2D eigenvalue weighted by molar-refractivity contribution is 6.10. The molecule has 0 unspecified atom stereocenters. The molecule has 0 spiro atoms. The molecule has 0 bridgehead atoms. The van der Waals surface area contributed by atoms with Crippen molar-refractivity contribution in [2.24, 2.45) is 0 Å². The smallest absolute Gasteiger partial charge is 0.325 e. The molecule has 1 fully saturated rings. The van der Waals surface area contributed by atoms with E-state index in [1.54, 1.807) is 6.92 Å². The predicted octanol–water partition coefficient (Wildman–Crippen LogP) is 3.48. The van der Waals surface area contributed by atoms with Crippen molar-refractivity contribution in [2.75, 3.05) is 6.54 Å². The van der Waals surface area contributed by atoms with E-state index in [2.05, 4.69) is 10.6 Å². The molecule has 4 rings (SSSR count). The number of amides is 4. The van der Waals surface area contributed by atoms with Crippen LogP contribution in [0, 0.1) is 0 Å². The van der Waals surface area contributed by atoms with Crippen LogP contribution < -0.4 is 10.6 Å². The van der Waals surface area contributed by atoms with Crippen molar-refractivity contribution in [2.45, 2.75) is 25.4 Å². The lowest BCUT2D eigenvalue weighted by atomic mass is 9.88. The summed E-state index contributed by atoms with van der Waals surface area (Å²) in [5.41, 5.74) is 0.423. The average molecular weight is 401 g/mol. The lowest BCUT2D eigenvalue weighted by molar-refractivity contribution is -0.135. The van der Waals surface area contributed by atoms with E-state index < -0.39 is 23.4 Å². The Balaban J connectivity index is 1.54. The van der Waals surface area contributed by atoms with E-state index in [0.717, 1.165) is 21.2 Å². The number of carbonyl (C=O) groups excluding carboxylic acids is 3. The number of imide groups is 1. The van der Waals surface area contributed by atoms with Gasteiger partial charge in [-0.3, -0.25) is 14.5 Å². The summed E-state index contributed by atoms with van der Waals surface area (Å²) in [6.45, 7) is 3.21. The number of fused-ring (bicyclic) bond motifs is 1. The largest absolute Gasteiger partial charge is 0.348 e. The normalized spacial score (nSPS) is 19.6. The minimum absolute atomic E-state index is 0.232. The van der Waals surface area contributed by atoms with Crippen LogP contribution in [-0.4, -0.2) is 29.3 Å². The molecule has 2 N–H and O–H groups in total. The molecule has 6 heteroatoms. The summed E-state index contributed by atoms with van der Waals surface area (Å²) in [4.78, 5) is 39.4. The summed E-state index contributed by atoms with van der Waals surface area (Å²) in [7, 11) is 0. The Kier molecular flexibility index (Phi) is 4.99. The van der Waals surface area contributed by atoms with Crippen molar-refractivity contribution >= 4 is 28.6 Å². The number of nitrogens with one attached hydrogen (secondary N) is 2. The first kappa shape index (κ1) is 19.6. The van der Waals surface area contributed by atoms with Crippen molar-refractivity contribution in [1.29, 1.82) is 0 Å². The number of nitrogens with zero attached hydrogens (tertiary/aromatic N) is 1. The van der Waals surface area contributed by atoms with Gasteiger partial charge in [0.1, 0.15) is 12.1 Å². The van der Waals surface area contributed by atoms with Gasteiger partial charge in [-0.1, -0.05) is 72.8 Å². The van der Waals surface area contributed by atoms with E-state index in [-0.39, 0.29) is 12.6 Å².